The van der Waals surface area contributed by atoms with E-state index in [0.29, 0.717) is 24.2 Å². The predicted octanol–water partition coefficient (Wildman–Crippen LogP) is 7.00. The second-order valence-corrected chi connectivity index (χ2v) is 11.9. The number of carboxylic acids is 1. The summed E-state index contributed by atoms with van der Waals surface area (Å²) in [4.78, 5) is 18.4. The van der Waals surface area contributed by atoms with Crippen LogP contribution >= 0.6 is 23.1 Å². The summed E-state index contributed by atoms with van der Waals surface area (Å²) in [5.74, 6) is 1.27. The number of nitrogens with zero attached hydrogens (tertiary/aromatic N) is 2. The van der Waals surface area contributed by atoms with Gasteiger partial charge in [0.05, 0.1) is 16.8 Å². The van der Waals surface area contributed by atoms with Gasteiger partial charge in [0, 0.05) is 30.3 Å². The SMILES string of the molecule is COc1ccc2nccc(C(F)CC[C@@H]3CCN(CCCSc4sccc4C)C[C@@H]3CC(=O)O)c2c1. The fraction of sp³-hybridized carbons (Fsp3) is 0.500. The van der Waals surface area contributed by atoms with Gasteiger partial charge in [0.15, 0.2) is 0 Å². The lowest BCUT2D eigenvalue weighted by molar-refractivity contribution is -0.139. The van der Waals surface area contributed by atoms with Crippen LogP contribution in [0.25, 0.3) is 10.9 Å². The Morgan fingerprint density at radius 3 is 2.94 bits per heavy atom. The average Bonchev–Trinajstić information content (AvgIpc) is 3.29. The van der Waals surface area contributed by atoms with Gasteiger partial charge in [-0.25, -0.2) is 4.39 Å². The van der Waals surface area contributed by atoms with Gasteiger partial charge in [0.2, 0.25) is 0 Å². The number of methoxy groups -OCH3 is 1. The van der Waals surface area contributed by atoms with Gasteiger partial charge in [-0.15, -0.1) is 23.1 Å². The van der Waals surface area contributed by atoms with Crippen molar-refractivity contribution in [3.63, 3.8) is 0 Å². The number of pyridine rings is 1. The number of aryl methyl sites for hydroxylation is 1. The zero-order valence-corrected chi connectivity index (χ0v) is 22.6. The van der Waals surface area contributed by atoms with E-state index in [1.165, 1.54) is 9.77 Å². The van der Waals surface area contributed by atoms with Crippen molar-refractivity contribution in [2.75, 3.05) is 32.5 Å². The van der Waals surface area contributed by atoms with Crippen LogP contribution in [0.1, 0.15) is 49.4 Å². The highest BCUT2D eigenvalue weighted by Gasteiger charge is 2.31. The van der Waals surface area contributed by atoms with E-state index >= 15 is 4.39 Å². The van der Waals surface area contributed by atoms with E-state index < -0.39 is 12.1 Å². The summed E-state index contributed by atoms with van der Waals surface area (Å²) < 4.78 is 22.2. The first kappa shape index (κ1) is 26.9. The van der Waals surface area contributed by atoms with Crippen molar-refractivity contribution >= 4 is 40.0 Å². The molecule has 1 fully saturated rings. The number of piperidine rings is 1. The summed E-state index contributed by atoms with van der Waals surface area (Å²) in [6.45, 7) is 4.87. The minimum Gasteiger partial charge on any atom is -0.497 e. The first-order valence-corrected chi connectivity index (χ1v) is 14.5. The van der Waals surface area contributed by atoms with E-state index in [9.17, 15) is 9.90 Å². The van der Waals surface area contributed by atoms with Crippen LogP contribution in [0.2, 0.25) is 0 Å². The molecule has 3 aromatic rings. The summed E-state index contributed by atoms with van der Waals surface area (Å²) >= 11 is 3.71. The van der Waals surface area contributed by atoms with Gasteiger partial charge in [-0.2, -0.15) is 0 Å². The molecule has 0 bridgehead atoms. The van der Waals surface area contributed by atoms with Gasteiger partial charge in [0.1, 0.15) is 11.9 Å². The van der Waals surface area contributed by atoms with Gasteiger partial charge in [0.25, 0.3) is 0 Å². The van der Waals surface area contributed by atoms with Crippen LogP contribution in [0.15, 0.2) is 46.1 Å². The number of carbonyl (C=O) groups is 1. The zero-order chi connectivity index (χ0) is 25.5. The summed E-state index contributed by atoms with van der Waals surface area (Å²) in [5.41, 5.74) is 2.72. The van der Waals surface area contributed by atoms with Crippen molar-refractivity contribution in [3.8, 4) is 5.75 Å². The van der Waals surface area contributed by atoms with Crippen molar-refractivity contribution in [1.82, 2.24) is 9.88 Å². The number of alkyl halides is 1. The Kier molecular flexibility index (Phi) is 9.62. The smallest absolute Gasteiger partial charge is 0.303 e. The van der Waals surface area contributed by atoms with E-state index in [4.69, 9.17) is 4.74 Å². The molecule has 0 aliphatic carbocycles. The Labute approximate surface area is 221 Å². The first-order chi connectivity index (χ1) is 17.4. The first-order valence-electron chi connectivity index (χ1n) is 12.6. The van der Waals surface area contributed by atoms with Gasteiger partial charge in [-0.05, 0) is 104 Å². The van der Waals surface area contributed by atoms with Crippen molar-refractivity contribution in [2.45, 2.75) is 49.4 Å². The number of aliphatic carboxylic acids is 1. The molecule has 3 atom stereocenters. The largest absolute Gasteiger partial charge is 0.497 e. The minimum absolute atomic E-state index is 0.0601. The summed E-state index contributed by atoms with van der Waals surface area (Å²) in [6.07, 6.45) is 3.76. The maximum atomic E-state index is 15.5. The number of rotatable bonds is 12. The molecule has 4 rings (SSSR count). The van der Waals surface area contributed by atoms with Crippen LogP contribution < -0.4 is 4.74 Å². The van der Waals surface area contributed by atoms with Gasteiger partial charge >= 0.3 is 5.97 Å². The Hall–Kier alpha value is -2.16. The quantitative estimate of drug-likeness (QED) is 0.201. The van der Waals surface area contributed by atoms with E-state index in [2.05, 4.69) is 28.3 Å². The fourth-order valence-corrected chi connectivity index (χ4v) is 7.31. The number of thioether (sulfide) groups is 1. The lowest BCUT2D eigenvalue weighted by Crippen LogP contribution is -2.42. The van der Waals surface area contributed by atoms with E-state index in [1.54, 1.807) is 30.7 Å². The van der Waals surface area contributed by atoms with Gasteiger partial charge in [-0.1, -0.05) is 0 Å². The van der Waals surface area contributed by atoms with Crippen LogP contribution in [-0.4, -0.2) is 53.5 Å². The number of halogens is 1. The Morgan fingerprint density at radius 1 is 1.33 bits per heavy atom. The third-order valence-corrected chi connectivity index (χ3v) is 9.72. The normalized spacial score (nSPS) is 19.4. The van der Waals surface area contributed by atoms with Crippen LogP contribution in [-0.2, 0) is 4.79 Å². The molecular weight excluding hydrogens is 495 g/mol. The highest BCUT2D eigenvalue weighted by molar-refractivity contribution is 8.01. The molecule has 1 saturated heterocycles. The molecule has 1 aromatic carbocycles. The number of likely N-dealkylation sites (tertiary alicyclic amines) is 1. The molecule has 1 aliphatic rings. The topological polar surface area (TPSA) is 62.7 Å². The lowest BCUT2D eigenvalue weighted by Gasteiger charge is -2.38. The fourth-order valence-electron chi connectivity index (χ4n) is 5.22. The van der Waals surface area contributed by atoms with E-state index in [1.807, 2.05) is 30.0 Å². The molecule has 194 valence electrons. The molecule has 1 unspecified atom stereocenters. The molecule has 1 N–H and O–H groups in total. The molecular formula is C28H35FN2O3S2. The third-order valence-electron chi connectivity index (χ3n) is 7.19. The Morgan fingerprint density at radius 2 is 2.19 bits per heavy atom. The second-order valence-electron chi connectivity index (χ2n) is 9.63. The molecule has 0 radical (unpaired) electrons. The second kappa shape index (κ2) is 12.9. The monoisotopic (exact) mass is 530 g/mol. The van der Waals surface area contributed by atoms with Crippen LogP contribution in [0.5, 0.6) is 5.75 Å². The minimum atomic E-state index is -1.12. The molecule has 0 amide bonds. The zero-order valence-electron chi connectivity index (χ0n) is 21.0. The Balaban J connectivity index is 1.32. The van der Waals surface area contributed by atoms with Crippen molar-refractivity contribution < 1.29 is 19.0 Å². The standard InChI is InChI=1S/C28H35FN2O3S2/c1-19-10-15-36-28(19)35-14-3-12-31-13-9-20(21(18-31)16-27(32)33)4-6-25(29)23-8-11-30-26-7-5-22(34-2)17-24(23)26/h5,7-8,10-11,15,17,20-21,25H,3-4,6,9,12-14,16,18H2,1-2H3,(H,32,33)/t20-,21+,25?/m1/s1. The third kappa shape index (κ3) is 6.99. The summed E-state index contributed by atoms with van der Waals surface area (Å²) in [5, 5.41) is 12.4. The number of thiophene rings is 1. The van der Waals surface area contributed by atoms with Crippen LogP contribution in [0, 0.1) is 18.8 Å². The molecule has 36 heavy (non-hydrogen) atoms. The lowest BCUT2D eigenvalue weighted by atomic mass is 9.79. The van der Waals surface area contributed by atoms with E-state index in [-0.39, 0.29) is 18.3 Å². The van der Waals surface area contributed by atoms with Crippen LogP contribution in [0.4, 0.5) is 4.39 Å². The number of aromatic nitrogens is 1. The molecule has 0 saturated carbocycles. The number of ether oxygens (including phenoxy) is 1. The van der Waals surface area contributed by atoms with Crippen molar-refractivity contribution in [2.24, 2.45) is 11.8 Å². The number of carboxylic acid groups (broad SMARTS) is 1. The maximum absolute atomic E-state index is 15.5. The molecule has 2 aromatic heterocycles. The van der Waals surface area contributed by atoms with Gasteiger partial charge in [-0.3, -0.25) is 9.78 Å². The molecule has 0 spiro atoms. The molecule has 5 nitrogen and oxygen atoms in total. The van der Waals surface area contributed by atoms with Gasteiger partial charge < -0.3 is 14.7 Å². The van der Waals surface area contributed by atoms with E-state index in [0.717, 1.165) is 49.1 Å². The molecule has 3 heterocycles. The highest BCUT2D eigenvalue weighted by atomic mass is 32.2. The predicted molar refractivity (Wildman–Crippen MR) is 146 cm³/mol. The van der Waals surface area contributed by atoms with Crippen molar-refractivity contribution in [1.29, 1.82) is 0 Å². The summed E-state index contributed by atoms with van der Waals surface area (Å²) in [6, 6.07) is 9.43. The Bertz CT molecular complexity index is 1150. The number of hydrogen-bond acceptors (Lipinski definition) is 6. The average molecular weight is 531 g/mol. The van der Waals surface area contributed by atoms with Crippen molar-refractivity contribution in [3.05, 3.63) is 53.0 Å². The van der Waals surface area contributed by atoms with Crippen LogP contribution in [0.3, 0.4) is 0 Å². The molecule has 1 aliphatic heterocycles. The number of hydrogen-bond donors (Lipinski definition) is 1. The maximum Gasteiger partial charge on any atom is 0.303 e. The molecule has 8 heteroatoms. The summed E-state index contributed by atoms with van der Waals surface area (Å²) in [7, 11) is 1.60. The number of benzene rings is 1. The number of fused-ring (bicyclic) bond motifs is 1. The highest BCUT2D eigenvalue weighted by Crippen LogP contribution is 2.36.